The molecule has 0 fully saturated rings. The van der Waals surface area contributed by atoms with E-state index in [0.717, 1.165) is 17.5 Å². The van der Waals surface area contributed by atoms with E-state index >= 15 is 0 Å². The van der Waals surface area contributed by atoms with Crippen LogP contribution in [-0.2, 0) is 11.2 Å². The minimum Gasteiger partial charge on any atom is -0.494 e. The lowest BCUT2D eigenvalue weighted by molar-refractivity contribution is 0.293. The van der Waals surface area contributed by atoms with Crippen LogP contribution in [0.25, 0.3) is 0 Å². The molecule has 17 heavy (non-hydrogen) atoms. The van der Waals surface area contributed by atoms with Crippen LogP contribution < -0.4 is 0 Å². The lowest BCUT2D eigenvalue weighted by Gasteiger charge is -2.01. The molecule has 0 saturated heterocycles. The Labute approximate surface area is 101 Å². The molecule has 0 aromatic carbocycles. The number of pyridine rings is 1. The van der Waals surface area contributed by atoms with Gasteiger partial charge < -0.3 is 4.74 Å². The highest BCUT2D eigenvalue weighted by Gasteiger charge is 1.98. The van der Waals surface area contributed by atoms with Gasteiger partial charge in [0.1, 0.15) is 0 Å². The van der Waals surface area contributed by atoms with Crippen LogP contribution in [0.2, 0.25) is 0 Å². The highest BCUT2D eigenvalue weighted by Crippen LogP contribution is 2.10. The number of aromatic nitrogens is 1. The molecule has 2 nitrogen and oxygen atoms in total. The van der Waals surface area contributed by atoms with Gasteiger partial charge in [-0.1, -0.05) is 18.7 Å². The van der Waals surface area contributed by atoms with Crippen LogP contribution in [-0.4, -0.2) is 12.1 Å². The van der Waals surface area contributed by atoms with E-state index in [9.17, 15) is 4.39 Å². The Morgan fingerprint density at radius 3 is 2.88 bits per heavy atom. The summed E-state index contributed by atoms with van der Waals surface area (Å²) in [7, 11) is 1.42. The number of aryl methyl sites for hydroxylation is 1. The first kappa shape index (κ1) is 13.2. The van der Waals surface area contributed by atoms with Crippen molar-refractivity contribution in [1.82, 2.24) is 4.98 Å². The van der Waals surface area contributed by atoms with Crippen molar-refractivity contribution in [3.8, 4) is 0 Å². The maximum absolute atomic E-state index is 13.2. The van der Waals surface area contributed by atoms with Gasteiger partial charge in [0.05, 0.1) is 7.11 Å². The van der Waals surface area contributed by atoms with Crippen molar-refractivity contribution >= 4 is 0 Å². The minimum atomic E-state index is -0.471. The first-order valence-corrected chi connectivity index (χ1v) is 5.32. The van der Waals surface area contributed by atoms with Crippen molar-refractivity contribution in [2.75, 3.05) is 7.11 Å². The number of rotatable bonds is 5. The lowest BCUT2D eigenvalue weighted by Crippen LogP contribution is -1.90. The normalized spacial score (nSPS) is 12.4. The fourth-order valence-corrected chi connectivity index (χ4v) is 1.35. The summed E-state index contributed by atoms with van der Waals surface area (Å²) in [5.74, 6) is -0.298. The largest absolute Gasteiger partial charge is 0.494 e. The summed E-state index contributed by atoms with van der Waals surface area (Å²) in [4.78, 5) is 4.34. The molecule has 0 bridgehead atoms. The maximum Gasteiger partial charge on any atom is 0.164 e. The van der Waals surface area contributed by atoms with Gasteiger partial charge in [-0.2, -0.15) is 0 Å². The summed E-state index contributed by atoms with van der Waals surface area (Å²) in [5, 5.41) is 0. The van der Waals surface area contributed by atoms with Crippen LogP contribution >= 0.6 is 0 Å². The molecular formula is C14H16FNO. The highest BCUT2D eigenvalue weighted by atomic mass is 19.1. The Balaban J connectivity index is 2.70. The Morgan fingerprint density at radius 1 is 1.53 bits per heavy atom. The van der Waals surface area contributed by atoms with Crippen LogP contribution in [0.3, 0.4) is 0 Å². The van der Waals surface area contributed by atoms with E-state index in [2.05, 4.69) is 11.6 Å². The van der Waals surface area contributed by atoms with Gasteiger partial charge in [-0.05, 0) is 31.2 Å². The van der Waals surface area contributed by atoms with E-state index in [4.69, 9.17) is 4.74 Å². The smallest absolute Gasteiger partial charge is 0.164 e. The summed E-state index contributed by atoms with van der Waals surface area (Å²) in [6.07, 6.45) is 5.15. The van der Waals surface area contributed by atoms with Crippen molar-refractivity contribution in [2.24, 2.45) is 0 Å². The third-order valence-electron chi connectivity index (χ3n) is 2.18. The Hall–Kier alpha value is -1.90. The fraction of sp³-hybridized carbons (Fsp3) is 0.214. The average Bonchev–Trinajstić information content (AvgIpc) is 2.34. The molecule has 1 rings (SSSR count). The molecule has 0 spiro atoms. The number of ether oxygens (including phenoxy) is 1. The van der Waals surface area contributed by atoms with Gasteiger partial charge in [-0.3, -0.25) is 4.98 Å². The van der Waals surface area contributed by atoms with Crippen LogP contribution in [0.15, 0.2) is 54.6 Å². The van der Waals surface area contributed by atoms with Crippen molar-refractivity contribution in [1.29, 1.82) is 0 Å². The molecule has 0 aliphatic heterocycles. The second kappa shape index (κ2) is 6.63. The molecule has 90 valence electrons. The zero-order chi connectivity index (χ0) is 12.7. The Bertz CT molecular complexity index is 449. The van der Waals surface area contributed by atoms with Gasteiger partial charge in [-0.15, -0.1) is 0 Å². The Morgan fingerprint density at radius 2 is 2.29 bits per heavy atom. The molecular weight excluding hydrogens is 217 g/mol. The summed E-state index contributed by atoms with van der Waals surface area (Å²) < 4.78 is 18.0. The SMILES string of the molecule is C=C/C(F)=C(\C=C/Cc1cccc(C)n1)OC. The van der Waals surface area contributed by atoms with Gasteiger partial charge in [0.15, 0.2) is 11.6 Å². The molecule has 0 aliphatic rings. The maximum atomic E-state index is 13.2. The molecule has 1 heterocycles. The van der Waals surface area contributed by atoms with Gasteiger partial charge in [0.2, 0.25) is 0 Å². The zero-order valence-corrected chi connectivity index (χ0v) is 10.1. The molecule has 1 aromatic rings. The van der Waals surface area contributed by atoms with Gasteiger partial charge in [0.25, 0.3) is 0 Å². The van der Waals surface area contributed by atoms with E-state index in [1.165, 1.54) is 7.11 Å². The number of nitrogens with zero attached hydrogens (tertiary/aromatic N) is 1. The van der Waals surface area contributed by atoms with E-state index in [-0.39, 0.29) is 5.76 Å². The van der Waals surface area contributed by atoms with E-state index in [1.807, 2.05) is 31.2 Å². The van der Waals surface area contributed by atoms with E-state index in [1.54, 1.807) is 6.08 Å². The topological polar surface area (TPSA) is 22.1 Å². The van der Waals surface area contributed by atoms with Crippen LogP contribution in [0.4, 0.5) is 4.39 Å². The Kier molecular flexibility index (Phi) is 5.14. The third kappa shape index (κ3) is 4.23. The van der Waals surface area contributed by atoms with E-state index < -0.39 is 5.83 Å². The van der Waals surface area contributed by atoms with Crippen LogP contribution in [0.5, 0.6) is 0 Å². The highest BCUT2D eigenvalue weighted by molar-refractivity contribution is 5.24. The lowest BCUT2D eigenvalue weighted by atomic mass is 10.2. The van der Waals surface area contributed by atoms with Gasteiger partial charge >= 0.3 is 0 Å². The minimum absolute atomic E-state index is 0.174. The first-order chi connectivity index (χ1) is 8.17. The van der Waals surface area contributed by atoms with Gasteiger partial charge in [0, 0.05) is 17.8 Å². The summed E-state index contributed by atoms with van der Waals surface area (Å²) >= 11 is 0. The average molecular weight is 233 g/mol. The number of halogens is 1. The predicted molar refractivity (Wildman–Crippen MR) is 67.2 cm³/mol. The fourth-order valence-electron chi connectivity index (χ4n) is 1.35. The number of hydrogen-bond donors (Lipinski definition) is 0. The molecule has 0 atom stereocenters. The van der Waals surface area contributed by atoms with Crippen LogP contribution in [0.1, 0.15) is 11.4 Å². The standard InChI is InChI=1S/C14H16FNO/c1-4-13(15)14(17-3)10-6-9-12-8-5-7-11(2)16-12/h4-8,10H,1,9H2,2-3H3/b10-6-,14-13-. The van der Waals surface area contributed by atoms with Crippen molar-refractivity contribution in [3.05, 3.63) is 66.0 Å². The third-order valence-corrected chi connectivity index (χ3v) is 2.18. The van der Waals surface area contributed by atoms with Crippen LogP contribution in [0, 0.1) is 6.92 Å². The molecule has 0 aliphatic carbocycles. The zero-order valence-electron chi connectivity index (χ0n) is 10.1. The van der Waals surface area contributed by atoms with Gasteiger partial charge in [-0.25, -0.2) is 4.39 Å². The molecule has 0 N–H and O–H groups in total. The predicted octanol–water partition coefficient (Wildman–Crippen LogP) is 3.50. The number of hydrogen-bond acceptors (Lipinski definition) is 2. The monoisotopic (exact) mass is 233 g/mol. The summed E-state index contributed by atoms with van der Waals surface area (Å²) in [6, 6.07) is 5.81. The summed E-state index contributed by atoms with van der Waals surface area (Å²) in [6.45, 7) is 5.28. The quantitative estimate of drug-likeness (QED) is 0.573. The molecule has 0 radical (unpaired) electrons. The molecule has 3 heteroatoms. The summed E-state index contributed by atoms with van der Waals surface area (Å²) in [5.41, 5.74) is 1.91. The molecule has 0 amide bonds. The molecule has 0 saturated carbocycles. The van der Waals surface area contributed by atoms with E-state index in [0.29, 0.717) is 6.42 Å². The number of allylic oxidation sites excluding steroid dienone is 4. The van der Waals surface area contributed by atoms with Crippen molar-refractivity contribution in [2.45, 2.75) is 13.3 Å². The molecule has 1 aromatic heterocycles. The second-order valence-corrected chi connectivity index (χ2v) is 3.50. The first-order valence-electron chi connectivity index (χ1n) is 5.32. The van der Waals surface area contributed by atoms with Crippen molar-refractivity contribution < 1.29 is 9.13 Å². The second-order valence-electron chi connectivity index (χ2n) is 3.50. The van der Waals surface area contributed by atoms with Crippen molar-refractivity contribution in [3.63, 3.8) is 0 Å². The molecule has 0 unspecified atom stereocenters. The number of methoxy groups -OCH3 is 1.